The normalized spacial score (nSPS) is 16.7. The molecule has 1 aliphatic heterocycles. The van der Waals surface area contributed by atoms with E-state index in [1.54, 1.807) is 0 Å². The van der Waals surface area contributed by atoms with Crippen LogP contribution >= 0.6 is 0 Å². The van der Waals surface area contributed by atoms with E-state index in [4.69, 9.17) is 4.42 Å². The summed E-state index contributed by atoms with van der Waals surface area (Å²) in [4.78, 5) is 4.92. The van der Waals surface area contributed by atoms with Crippen LogP contribution in [-0.2, 0) is 0 Å². The number of rotatable bonds is 2. The molecule has 0 amide bonds. The average Bonchev–Trinajstić information content (AvgIpc) is 3.17. The summed E-state index contributed by atoms with van der Waals surface area (Å²) >= 11 is 0. The van der Waals surface area contributed by atoms with Gasteiger partial charge in [-0.3, -0.25) is 0 Å². The molecule has 0 saturated carbocycles. The van der Waals surface area contributed by atoms with Gasteiger partial charge in [0.05, 0.1) is 17.1 Å². The summed E-state index contributed by atoms with van der Waals surface area (Å²) in [6, 6.07) is 21.8. The highest BCUT2D eigenvalue weighted by Gasteiger charge is 2.37. The van der Waals surface area contributed by atoms with E-state index in [0.29, 0.717) is 6.04 Å². The number of anilines is 3. The fourth-order valence-corrected chi connectivity index (χ4v) is 4.60. The summed E-state index contributed by atoms with van der Waals surface area (Å²) in [5, 5.41) is 2.36. The molecule has 27 heavy (non-hydrogen) atoms. The molecule has 0 fully saturated rings. The van der Waals surface area contributed by atoms with Crippen LogP contribution in [0.2, 0.25) is 0 Å². The molecule has 136 valence electrons. The van der Waals surface area contributed by atoms with Crippen molar-refractivity contribution in [1.29, 1.82) is 0 Å². The van der Waals surface area contributed by atoms with Gasteiger partial charge in [-0.05, 0) is 51.5 Å². The standard InChI is InChI=1S/C24H24N2O/c1-15(2)25-17(4)26(21-11-7-6-10-20(21)25)23-16(3)13-14-19-18-9-5-8-12-22(18)27-24(19)23/h5-15,17H,1-4H3/t17-/m0/s1. The van der Waals surface area contributed by atoms with Crippen molar-refractivity contribution in [2.45, 2.75) is 39.9 Å². The third kappa shape index (κ3) is 2.21. The first-order chi connectivity index (χ1) is 13.1. The molecule has 3 heteroatoms. The van der Waals surface area contributed by atoms with Gasteiger partial charge in [-0.2, -0.15) is 0 Å². The topological polar surface area (TPSA) is 19.6 Å². The zero-order valence-electron chi connectivity index (χ0n) is 16.2. The van der Waals surface area contributed by atoms with Crippen molar-refractivity contribution in [3.05, 3.63) is 66.2 Å². The molecule has 0 saturated heterocycles. The number of hydrogen-bond acceptors (Lipinski definition) is 3. The number of para-hydroxylation sites is 3. The maximum atomic E-state index is 6.38. The molecular weight excluding hydrogens is 332 g/mol. The minimum atomic E-state index is 0.222. The van der Waals surface area contributed by atoms with Gasteiger partial charge in [-0.25, -0.2) is 0 Å². The van der Waals surface area contributed by atoms with Crippen LogP contribution < -0.4 is 9.80 Å². The third-order valence-corrected chi connectivity index (χ3v) is 5.72. The van der Waals surface area contributed by atoms with E-state index in [-0.39, 0.29) is 6.17 Å². The zero-order valence-corrected chi connectivity index (χ0v) is 16.2. The lowest BCUT2D eigenvalue weighted by molar-refractivity contribution is 0.603. The van der Waals surface area contributed by atoms with Gasteiger partial charge in [0.2, 0.25) is 0 Å². The summed E-state index contributed by atoms with van der Waals surface area (Å²) < 4.78 is 6.38. The van der Waals surface area contributed by atoms with E-state index >= 15 is 0 Å². The van der Waals surface area contributed by atoms with Gasteiger partial charge >= 0.3 is 0 Å². The molecule has 2 heterocycles. The highest BCUT2D eigenvalue weighted by Crippen LogP contribution is 2.48. The lowest BCUT2D eigenvalue weighted by Gasteiger charge is -2.33. The van der Waals surface area contributed by atoms with E-state index in [1.165, 1.54) is 33.4 Å². The Hall–Kier alpha value is -2.94. The Morgan fingerprint density at radius 3 is 2.33 bits per heavy atom. The quantitative estimate of drug-likeness (QED) is 0.403. The molecule has 5 rings (SSSR count). The lowest BCUT2D eigenvalue weighted by atomic mass is 10.1. The van der Waals surface area contributed by atoms with E-state index in [9.17, 15) is 0 Å². The molecule has 1 aliphatic rings. The second kappa shape index (κ2) is 5.78. The molecule has 0 N–H and O–H groups in total. The summed E-state index contributed by atoms with van der Waals surface area (Å²) in [6.07, 6.45) is 0.222. The SMILES string of the molecule is Cc1ccc2c(oc3ccccc32)c1N1c2ccccc2N(C(C)C)[C@@H]1C. The van der Waals surface area contributed by atoms with Crippen LogP contribution in [0.25, 0.3) is 21.9 Å². The average molecular weight is 356 g/mol. The molecule has 0 aliphatic carbocycles. The maximum Gasteiger partial charge on any atom is 0.159 e. The first-order valence-corrected chi connectivity index (χ1v) is 9.65. The van der Waals surface area contributed by atoms with Crippen molar-refractivity contribution in [1.82, 2.24) is 0 Å². The Balaban J connectivity index is 1.82. The van der Waals surface area contributed by atoms with Gasteiger partial charge in [-0.15, -0.1) is 0 Å². The molecule has 0 bridgehead atoms. The van der Waals surface area contributed by atoms with Crippen LogP contribution in [0.3, 0.4) is 0 Å². The molecule has 4 aromatic rings. The highest BCUT2D eigenvalue weighted by molar-refractivity contribution is 6.10. The van der Waals surface area contributed by atoms with Crippen LogP contribution in [-0.4, -0.2) is 12.2 Å². The summed E-state index contributed by atoms with van der Waals surface area (Å²) in [5.41, 5.74) is 6.85. The Bertz CT molecular complexity index is 1160. The molecule has 0 spiro atoms. The van der Waals surface area contributed by atoms with Gasteiger partial charge in [0.25, 0.3) is 0 Å². The van der Waals surface area contributed by atoms with Crippen molar-refractivity contribution in [2.75, 3.05) is 9.80 Å². The van der Waals surface area contributed by atoms with Gasteiger partial charge < -0.3 is 14.2 Å². The van der Waals surface area contributed by atoms with E-state index in [2.05, 4.69) is 92.1 Å². The van der Waals surface area contributed by atoms with Gasteiger partial charge in [0, 0.05) is 16.8 Å². The van der Waals surface area contributed by atoms with Crippen LogP contribution in [0.5, 0.6) is 0 Å². The predicted molar refractivity (Wildman–Crippen MR) is 114 cm³/mol. The number of nitrogens with zero attached hydrogens (tertiary/aromatic N) is 2. The Morgan fingerprint density at radius 1 is 0.852 bits per heavy atom. The van der Waals surface area contributed by atoms with Crippen molar-refractivity contribution in [3.8, 4) is 0 Å². The summed E-state index contributed by atoms with van der Waals surface area (Å²) in [6.45, 7) is 8.97. The maximum absolute atomic E-state index is 6.38. The van der Waals surface area contributed by atoms with Crippen molar-refractivity contribution < 1.29 is 4.42 Å². The van der Waals surface area contributed by atoms with Crippen LogP contribution in [0.15, 0.2) is 65.1 Å². The smallest absolute Gasteiger partial charge is 0.159 e. The Kier molecular flexibility index (Phi) is 3.48. The van der Waals surface area contributed by atoms with Crippen LogP contribution in [0.4, 0.5) is 17.1 Å². The number of hydrogen-bond donors (Lipinski definition) is 0. The van der Waals surface area contributed by atoms with Crippen LogP contribution in [0.1, 0.15) is 26.3 Å². The molecular formula is C24H24N2O. The zero-order chi connectivity index (χ0) is 18.7. The van der Waals surface area contributed by atoms with Crippen molar-refractivity contribution >= 4 is 39.0 Å². The molecule has 1 atom stereocenters. The second-order valence-electron chi connectivity index (χ2n) is 7.70. The Labute approximate surface area is 159 Å². The van der Waals surface area contributed by atoms with Gasteiger partial charge in [0.15, 0.2) is 5.58 Å². The summed E-state index contributed by atoms with van der Waals surface area (Å²) in [5.74, 6) is 0. The summed E-state index contributed by atoms with van der Waals surface area (Å²) in [7, 11) is 0. The minimum Gasteiger partial charge on any atom is -0.454 e. The molecule has 0 radical (unpaired) electrons. The Morgan fingerprint density at radius 2 is 1.56 bits per heavy atom. The second-order valence-corrected chi connectivity index (χ2v) is 7.70. The first kappa shape index (κ1) is 16.2. The largest absolute Gasteiger partial charge is 0.454 e. The number of benzene rings is 3. The van der Waals surface area contributed by atoms with Crippen molar-refractivity contribution in [2.24, 2.45) is 0 Å². The number of fused-ring (bicyclic) bond motifs is 4. The fraction of sp³-hybridized carbons (Fsp3) is 0.250. The first-order valence-electron chi connectivity index (χ1n) is 9.65. The van der Waals surface area contributed by atoms with Gasteiger partial charge in [-0.1, -0.05) is 42.5 Å². The minimum absolute atomic E-state index is 0.222. The predicted octanol–water partition coefficient (Wildman–Crippen LogP) is 6.61. The molecule has 3 aromatic carbocycles. The lowest BCUT2D eigenvalue weighted by Crippen LogP contribution is -2.42. The number of furan rings is 1. The van der Waals surface area contributed by atoms with E-state index in [1.807, 2.05) is 6.07 Å². The molecule has 0 unspecified atom stereocenters. The molecule has 3 nitrogen and oxygen atoms in total. The molecule has 1 aromatic heterocycles. The van der Waals surface area contributed by atoms with E-state index in [0.717, 1.165) is 11.2 Å². The fourth-order valence-electron chi connectivity index (χ4n) is 4.60. The number of aryl methyl sites for hydroxylation is 1. The van der Waals surface area contributed by atoms with Crippen LogP contribution in [0, 0.1) is 6.92 Å². The van der Waals surface area contributed by atoms with Crippen molar-refractivity contribution in [3.63, 3.8) is 0 Å². The van der Waals surface area contributed by atoms with Gasteiger partial charge in [0.1, 0.15) is 11.7 Å². The highest BCUT2D eigenvalue weighted by atomic mass is 16.3. The third-order valence-electron chi connectivity index (χ3n) is 5.72. The van der Waals surface area contributed by atoms with E-state index < -0.39 is 0 Å². The monoisotopic (exact) mass is 356 g/mol.